The number of nitrogens with zero attached hydrogens (tertiary/aromatic N) is 1. The van der Waals surface area contributed by atoms with Crippen molar-refractivity contribution >= 4 is 18.4 Å². The number of carbonyl (C=O) groups excluding carboxylic acids is 1. The molecule has 0 aromatic heterocycles. The Hall–Kier alpha value is -3.14. The van der Waals surface area contributed by atoms with Crippen molar-refractivity contribution < 1.29 is 34.7 Å². The lowest BCUT2D eigenvalue weighted by molar-refractivity contribution is -0.142. The molecule has 0 saturated heterocycles. The van der Waals surface area contributed by atoms with Crippen LogP contribution in [0.3, 0.4) is 0 Å². The van der Waals surface area contributed by atoms with Crippen LogP contribution in [0.4, 0.5) is 0 Å². The predicted molar refractivity (Wildman–Crippen MR) is 149 cm³/mol. The molecule has 0 saturated carbocycles. The minimum Gasteiger partial charge on any atom is -0.491 e. The Bertz CT molecular complexity index is 1040. The molecule has 38 heavy (non-hydrogen) atoms. The lowest BCUT2D eigenvalue weighted by atomic mass is 10.0. The third kappa shape index (κ3) is 11.1. The summed E-state index contributed by atoms with van der Waals surface area (Å²) in [5.41, 5.74) is 2.06. The maximum Gasteiger partial charge on any atom is 0.343 e. The Balaban J connectivity index is 0.00000361. The number of methoxy groups -OCH3 is 1. The molecule has 208 valence electrons. The number of halogens is 1. The van der Waals surface area contributed by atoms with Crippen LogP contribution in [-0.4, -0.2) is 71.8 Å². The average molecular weight is 548 g/mol. The number of aliphatic hydroxyl groups is 2. The number of ether oxygens (including phenoxy) is 3. The summed E-state index contributed by atoms with van der Waals surface area (Å²) in [6.45, 7) is 2.26. The number of rotatable bonds is 14. The van der Waals surface area contributed by atoms with Crippen LogP contribution in [0.15, 0.2) is 84.9 Å². The van der Waals surface area contributed by atoms with Gasteiger partial charge in [-0.15, -0.1) is 12.4 Å². The normalized spacial score (nSPS) is 12.9. The van der Waals surface area contributed by atoms with Crippen molar-refractivity contribution in [2.24, 2.45) is 0 Å². The average Bonchev–Trinajstić information content (AvgIpc) is 2.91. The Morgan fingerprint density at radius 2 is 1.37 bits per heavy atom. The Morgan fingerprint density at radius 1 is 0.816 bits per heavy atom. The highest BCUT2D eigenvalue weighted by Gasteiger charge is 2.25. The van der Waals surface area contributed by atoms with E-state index in [1.54, 1.807) is 12.1 Å². The molecule has 0 aliphatic carbocycles. The molecule has 8 nitrogen and oxygen atoms in total. The van der Waals surface area contributed by atoms with Gasteiger partial charge in [-0.1, -0.05) is 60.7 Å². The van der Waals surface area contributed by atoms with Crippen molar-refractivity contribution in [3.05, 3.63) is 96.1 Å². The molecule has 0 amide bonds. The third-order valence-corrected chi connectivity index (χ3v) is 5.86. The first kappa shape index (κ1) is 32.9. The molecular weight excluding hydrogens is 510 g/mol. The molecule has 3 rings (SSSR count). The minimum atomic E-state index is -0.785. The molecule has 4 N–H and O–H groups in total. The van der Waals surface area contributed by atoms with Crippen LogP contribution in [-0.2, 0) is 22.4 Å². The quantitative estimate of drug-likeness (QED) is 0.235. The Labute approximate surface area is 230 Å². The molecule has 0 unspecified atom stereocenters. The van der Waals surface area contributed by atoms with Gasteiger partial charge >= 0.3 is 5.97 Å². The van der Waals surface area contributed by atoms with Gasteiger partial charge in [-0.05, 0) is 48.7 Å². The molecule has 0 fully saturated rings. The van der Waals surface area contributed by atoms with E-state index >= 15 is 0 Å². The molecule has 9 heteroatoms. The summed E-state index contributed by atoms with van der Waals surface area (Å²) >= 11 is 0. The van der Waals surface area contributed by atoms with Gasteiger partial charge in [0.1, 0.15) is 30.4 Å². The van der Waals surface area contributed by atoms with Crippen molar-refractivity contribution in [2.75, 3.05) is 26.9 Å². The van der Waals surface area contributed by atoms with Crippen molar-refractivity contribution in [3.63, 3.8) is 0 Å². The number of benzene rings is 3. The van der Waals surface area contributed by atoms with Crippen LogP contribution in [0.25, 0.3) is 0 Å². The second kappa shape index (κ2) is 17.4. The second-order valence-electron chi connectivity index (χ2n) is 8.71. The van der Waals surface area contributed by atoms with E-state index in [4.69, 9.17) is 9.47 Å². The van der Waals surface area contributed by atoms with Gasteiger partial charge in [0.2, 0.25) is 0 Å². The number of carbonyl (C=O) groups is 1. The van der Waals surface area contributed by atoms with Gasteiger partial charge in [0.05, 0.1) is 7.11 Å². The van der Waals surface area contributed by atoms with Crippen molar-refractivity contribution in [1.82, 2.24) is 4.90 Å². The Morgan fingerprint density at radius 3 is 1.97 bits per heavy atom. The van der Waals surface area contributed by atoms with Gasteiger partial charge in [0.15, 0.2) is 6.61 Å². The first-order valence-electron chi connectivity index (χ1n) is 12.1. The molecule has 0 bridgehead atoms. The minimum absolute atomic E-state index is 0. The van der Waals surface area contributed by atoms with Crippen LogP contribution < -0.4 is 9.47 Å². The molecule has 3 atom stereocenters. The van der Waals surface area contributed by atoms with E-state index in [-0.39, 0.29) is 43.7 Å². The predicted octanol–water partition coefficient (Wildman–Crippen LogP) is 3.07. The first-order valence-corrected chi connectivity index (χ1v) is 12.1. The lowest BCUT2D eigenvalue weighted by Crippen LogP contribution is -2.48. The van der Waals surface area contributed by atoms with E-state index in [9.17, 15) is 15.0 Å². The maximum atomic E-state index is 11.3. The van der Waals surface area contributed by atoms with Crippen LogP contribution >= 0.6 is 12.4 Å². The van der Waals surface area contributed by atoms with Gasteiger partial charge in [-0.25, -0.2) is 4.79 Å². The van der Waals surface area contributed by atoms with Crippen LogP contribution in [0.2, 0.25) is 0 Å². The van der Waals surface area contributed by atoms with E-state index in [1.165, 1.54) is 7.11 Å². The van der Waals surface area contributed by atoms with Gasteiger partial charge in [-0.3, -0.25) is 4.90 Å². The number of hydrogen-bond donors (Lipinski definition) is 2. The topological polar surface area (TPSA) is 120 Å². The monoisotopic (exact) mass is 547 g/mol. The fourth-order valence-corrected chi connectivity index (χ4v) is 3.92. The number of aliphatic hydroxyl groups excluding tert-OH is 2. The SMILES string of the molecule is COC(=O)COc1ccc(C[C@@H](C)N(C[C@H](O)COc2ccccc2)[C@H](O)Cc2ccccc2)cc1.Cl.O. The third-order valence-electron chi connectivity index (χ3n) is 5.86. The van der Waals surface area contributed by atoms with Crippen LogP contribution in [0.5, 0.6) is 11.5 Å². The summed E-state index contributed by atoms with van der Waals surface area (Å²) in [5, 5.41) is 21.9. The summed E-state index contributed by atoms with van der Waals surface area (Å²) in [6, 6.07) is 26.5. The highest BCUT2D eigenvalue weighted by molar-refractivity contribution is 5.85. The summed E-state index contributed by atoms with van der Waals surface area (Å²) in [5.74, 6) is 0.826. The molecule has 0 spiro atoms. The maximum absolute atomic E-state index is 11.3. The first-order chi connectivity index (χ1) is 17.4. The van der Waals surface area contributed by atoms with Gasteiger partial charge in [0, 0.05) is 19.0 Å². The zero-order valence-electron chi connectivity index (χ0n) is 21.7. The zero-order chi connectivity index (χ0) is 25.8. The molecule has 3 aromatic rings. The number of para-hydroxylation sites is 1. The second-order valence-corrected chi connectivity index (χ2v) is 8.71. The van der Waals surface area contributed by atoms with Crippen LogP contribution in [0.1, 0.15) is 18.1 Å². The number of hydrogen-bond acceptors (Lipinski definition) is 7. The van der Waals surface area contributed by atoms with Crippen molar-refractivity contribution in [3.8, 4) is 11.5 Å². The van der Waals surface area contributed by atoms with Gasteiger partial charge < -0.3 is 29.9 Å². The molecule has 0 heterocycles. The van der Waals surface area contributed by atoms with Crippen molar-refractivity contribution in [2.45, 2.75) is 38.1 Å². The highest BCUT2D eigenvalue weighted by Crippen LogP contribution is 2.18. The standard InChI is InChI=1S/C29H35NO6.ClH.H2O/c1-22(17-24-13-15-27(16-14-24)36-21-29(33)34-2)30(28(32)18-23-9-5-3-6-10-23)19-25(31)20-35-26-11-7-4-8-12-26;;/h3-16,22,25,28,31-32H,17-21H2,1-2H3;1H;1H2/t22-,25+,28-;;/m1../s1. The zero-order valence-corrected chi connectivity index (χ0v) is 22.5. The van der Waals surface area contributed by atoms with E-state index in [0.29, 0.717) is 24.3 Å². The molecule has 0 aliphatic heterocycles. The molecular formula is C29H38ClNO7. The summed E-state index contributed by atoms with van der Waals surface area (Å²) in [4.78, 5) is 13.2. The molecule has 3 aromatic carbocycles. The lowest BCUT2D eigenvalue weighted by Gasteiger charge is -2.35. The van der Waals surface area contributed by atoms with E-state index in [1.807, 2.05) is 84.6 Å². The van der Waals surface area contributed by atoms with E-state index in [0.717, 1.165) is 11.1 Å². The Kier molecular flexibility index (Phi) is 15.0. The number of esters is 1. The summed E-state index contributed by atoms with van der Waals surface area (Å²) in [6.07, 6.45) is -0.476. The van der Waals surface area contributed by atoms with E-state index < -0.39 is 18.3 Å². The molecule has 0 radical (unpaired) electrons. The highest BCUT2D eigenvalue weighted by atomic mass is 35.5. The fourth-order valence-electron chi connectivity index (χ4n) is 3.92. The van der Waals surface area contributed by atoms with Crippen LogP contribution in [0, 0.1) is 0 Å². The fraction of sp³-hybridized carbons (Fsp3) is 0.345. The molecule has 0 aliphatic rings. The summed E-state index contributed by atoms with van der Waals surface area (Å²) in [7, 11) is 1.32. The van der Waals surface area contributed by atoms with Crippen molar-refractivity contribution in [1.29, 1.82) is 0 Å². The summed E-state index contributed by atoms with van der Waals surface area (Å²) < 4.78 is 15.7. The largest absolute Gasteiger partial charge is 0.491 e. The van der Waals surface area contributed by atoms with Gasteiger partial charge in [0.25, 0.3) is 0 Å². The van der Waals surface area contributed by atoms with E-state index in [2.05, 4.69) is 4.74 Å². The van der Waals surface area contributed by atoms with Gasteiger partial charge in [-0.2, -0.15) is 0 Å². The smallest absolute Gasteiger partial charge is 0.343 e.